The Kier molecular flexibility index (Phi) is 6.73. The summed E-state index contributed by atoms with van der Waals surface area (Å²) in [4.78, 5) is 24.2. The molecule has 0 heterocycles. The summed E-state index contributed by atoms with van der Waals surface area (Å²) in [6.45, 7) is 0. The van der Waals surface area contributed by atoms with Crippen molar-refractivity contribution in [2.45, 2.75) is 82.8 Å². The van der Waals surface area contributed by atoms with Crippen molar-refractivity contribution in [3.63, 3.8) is 0 Å². The van der Waals surface area contributed by atoms with Crippen LogP contribution in [-0.4, -0.2) is 41.3 Å². The zero-order chi connectivity index (χ0) is 18.7. The van der Waals surface area contributed by atoms with E-state index in [1.165, 1.54) is 7.11 Å². The normalized spacial score (nSPS) is 38.7. The third-order valence-electron chi connectivity index (χ3n) is 7.25. The fourth-order valence-electron chi connectivity index (χ4n) is 5.81. The van der Waals surface area contributed by atoms with Crippen LogP contribution in [0.25, 0.3) is 0 Å². The van der Waals surface area contributed by atoms with Gasteiger partial charge in [0.1, 0.15) is 5.78 Å². The molecule has 0 aliphatic heterocycles. The van der Waals surface area contributed by atoms with Crippen molar-refractivity contribution in [2.75, 3.05) is 7.11 Å². The van der Waals surface area contributed by atoms with Crippen molar-refractivity contribution < 1.29 is 24.5 Å². The number of hydrogen-bond donors (Lipinski definition) is 2. The van der Waals surface area contributed by atoms with Crippen molar-refractivity contribution in [1.82, 2.24) is 0 Å². The number of ether oxygens (including phenoxy) is 1. The minimum absolute atomic E-state index is 0.0504. The minimum atomic E-state index is -0.446. The van der Waals surface area contributed by atoms with E-state index in [-0.39, 0.29) is 35.6 Å². The summed E-state index contributed by atoms with van der Waals surface area (Å²) in [5.41, 5.74) is 0. The van der Waals surface area contributed by atoms with Crippen LogP contribution in [0, 0.1) is 29.6 Å². The molecule has 5 nitrogen and oxygen atoms in total. The van der Waals surface area contributed by atoms with E-state index < -0.39 is 6.10 Å². The number of aliphatic hydroxyl groups excluding tert-OH is 2. The monoisotopic (exact) mass is 366 g/mol. The third kappa shape index (κ3) is 4.14. The molecule has 5 heteroatoms. The summed E-state index contributed by atoms with van der Waals surface area (Å²) in [5.74, 6) is 0.580. The standard InChI is InChI=1S/C21H34O5/c1-26-18(23)7-5-3-2-4-6-15-16(10-11-17(15)22)21(25)19-13-8-9-14(12-13)20(19)24/h13-17,19-20,22,24H,2-12H2,1H3/t13-,14+,15-,16+,17+,19+,20-/m1/s1. The lowest BCUT2D eigenvalue weighted by molar-refractivity contribution is -0.140. The van der Waals surface area contributed by atoms with Crippen LogP contribution in [0.5, 0.6) is 0 Å². The van der Waals surface area contributed by atoms with E-state index in [0.29, 0.717) is 24.7 Å². The summed E-state index contributed by atoms with van der Waals surface area (Å²) in [7, 11) is 1.41. The molecule has 26 heavy (non-hydrogen) atoms. The average Bonchev–Trinajstić information content (AvgIpc) is 3.32. The molecule has 0 aromatic heterocycles. The Bertz CT molecular complexity index is 503. The topological polar surface area (TPSA) is 83.8 Å². The van der Waals surface area contributed by atoms with Crippen molar-refractivity contribution in [1.29, 1.82) is 0 Å². The molecule has 0 radical (unpaired) electrons. The van der Waals surface area contributed by atoms with Gasteiger partial charge in [-0.3, -0.25) is 9.59 Å². The summed E-state index contributed by atoms with van der Waals surface area (Å²) in [6, 6.07) is 0. The second-order valence-electron chi connectivity index (χ2n) is 8.70. The highest BCUT2D eigenvalue weighted by atomic mass is 16.5. The number of Topliss-reactive ketones (excluding diaryl/α,β-unsaturated/α-hetero) is 1. The maximum absolute atomic E-state index is 13.1. The number of carbonyl (C=O) groups excluding carboxylic acids is 2. The molecule has 2 N–H and O–H groups in total. The van der Waals surface area contributed by atoms with E-state index in [9.17, 15) is 19.8 Å². The maximum Gasteiger partial charge on any atom is 0.305 e. The quantitative estimate of drug-likeness (QED) is 0.484. The molecule has 3 aliphatic rings. The Morgan fingerprint density at radius 3 is 2.38 bits per heavy atom. The predicted molar refractivity (Wildman–Crippen MR) is 97.3 cm³/mol. The maximum atomic E-state index is 13.1. The number of carbonyl (C=O) groups is 2. The van der Waals surface area contributed by atoms with E-state index in [1.54, 1.807) is 0 Å². The van der Waals surface area contributed by atoms with Gasteiger partial charge in [0, 0.05) is 18.3 Å². The number of aliphatic hydroxyl groups is 2. The lowest BCUT2D eigenvalue weighted by Gasteiger charge is -2.30. The molecule has 3 fully saturated rings. The van der Waals surface area contributed by atoms with Crippen LogP contribution in [0.4, 0.5) is 0 Å². The van der Waals surface area contributed by atoms with Crippen LogP contribution in [0.1, 0.15) is 70.6 Å². The van der Waals surface area contributed by atoms with E-state index in [4.69, 9.17) is 0 Å². The van der Waals surface area contributed by atoms with Gasteiger partial charge in [-0.25, -0.2) is 0 Å². The zero-order valence-corrected chi connectivity index (χ0v) is 15.9. The van der Waals surface area contributed by atoms with Crippen LogP contribution in [0.15, 0.2) is 0 Å². The van der Waals surface area contributed by atoms with Gasteiger partial charge >= 0.3 is 5.97 Å². The molecular weight excluding hydrogens is 332 g/mol. The first kappa shape index (κ1) is 19.8. The molecule has 3 saturated carbocycles. The van der Waals surface area contributed by atoms with Crippen LogP contribution in [0.2, 0.25) is 0 Å². The van der Waals surface area contributed by atoms with Crippen LogP contribution >= 0.6 is 0 Å². The molecule has 3 rings (SSSR count). The van der Waals surface area contributed by atoms with Gasteiger partial charge in [0.25, 0.3) is 0 Å². The highest BCUT2D eigenvalue weighted by molar-refractivity contribution is 5.85. The molecule has 148 valence electrons. The second kappa shape index (κ2) is 8.83. The third-order valence-corrected chi connectivity index (χ3v) is 7.25. The number of rotatable bonds is 9. The smallest absolute Gasteiger partial charge is 0.305 e. The van der Waals surface area contributed by atoms with Gasteiger partial charge in [0.2, 0.25) is 0 Å². The van der Waals surface area contributed by atoms with Gasteiger partial charge in [-0.05, 0) is 62.7 Å². The highest BCUT2D eigenvalue weighted by Crippen LogP contribution is 2.51. The minimum Gasteiger partial charge on any atom is -0.469 e. The van der Waals surface area contributed by atoms with Crippen molar-refractivity contribution in [3.8, 4) is 0 Å². The number of fused-ring (bicyclic) bond motifs is 2. The molecule has 2 bridgehead atoms. The van der Waals surface area contributed by atoms with Gasteiger partial charge in [-0.2, -0.15) is 0 Å². The summed E-state index contributed by atoms with van der Waals surface area (Å²) < 4.78 is 4.64. The summed E-state index contributed by atoms with van der Waals surface area (Å²) in [6.07, 6.45) is 8.94. The molecule has 0 unspecified atom stereocenters. The van der Waals surface area contributed by atoms with E-state index in [0.717, 1.165) is 57.8 Å². The second-order valence-corrected chi connectivity index (χ2v) is 8.70. The number of hydrogen-bond acceptors (Lipinski definition) is 5. The molecule has 7 atom stereocenters. The molecular formula is C21H34O5. The molecule has 3 aliphatic carbocycles. The zero-order valence-electron chi connectivity index (χ0n) is 15.9. The van der Waals surface area contributed by atoms with E-state index >= 15 is 0 Å². The van der Waals surface area contributed by atoms with Gasteiger partial charge in [-0.15, -0.1) is 0 Å². The van der Waals surface area contributed by atoms with E-state index in [1.807, 2.05) is 0 Å². The Balaban J connectivity index is 1.45. The fraction of sp³-hybridized carbons (Fsp3) is 0.905. The predicted octanol–water partition coefficient (Wildman–Crippen LogP) is 2.86. The van der Waals surface area contributed by atoms with Crippen molar-refractivity contribution in [2.24, 2.45) is 29.6 Å². The van der Waals surface area contributed by atoms with Crippen molar-refractivity contribution >= 4 is 11.8 Å². The fourth-order valence-corrected chi connectivity index (χ4v) is 5.81. The lowest BCUT2D eigenvalue weighted by Crippen LogP contribution is -2.39. The van der Waals surface area contributed by atoms with Gasteiger partial charge in [0.15, 0.2) is 0 Å². The summed E-state index contributed by atoms with van der Waals surface area (Å²) in [5, 5.41) is 20.9. The first-order chi connectivity index (χ1) is 12.5. The molecule has 0 aromatic rings. The van der Waals surface area contributed by atoms with Crippen molar-refractivity contribution in [3.05, 3.63) is 0 Å². The molecule has 0 spiro atoms. The van der Waals surface area contributed by atoms with Gasteiger partial charge in [0.05, 0.1) is 19.3 Å². The Morgan fingerprint density at radius 2 is 1.69 bits per heavy atom. The van der Waals surface area contributed by atoms with Gasteiger partial charge < -0.3 is 14.9 Å². The Labute approximate surface area is 156 Å². The Hall–Kier alpha value is -0.940. The van der Waals surface area contributed by atoms with Crippen LogP contribution in [-0.2, 0) is 14.3 Å². The first-order valence-electron chi connectivity index (χ1n) is 10.5. The number of ketones is 1. The number of esters is 1. The largest absolute Gasteiger partial charge is 0.469 e. The van der Waals surface area contributed by atoms with E-state index in [2.05, 4.69) is 4.74 Å². The average molecular weight is 366 g/mol. The first-order valence-corrected chi connectivity index (χ1v) is 10.5. The van der Waals surface area contributed by atoms with Gasteiger partial charge in [-0.1, -0.05) is 19.3 Å². The van der Waals surface area contributed by atoms with Crippen LogP contribution in [0.3, 0.4) is 0 Å². The number of unbranched alkanes of at least 4 members (excludes halogenated alkanes) is 3. The number of methoxy groups -OCH3 is 1. The molecule has 0 saturated heterocycles. The highest BCUT2D eigenvalue weighted by Gasteiger charge is 2.53. The lowest BCUT2D eigenvalue weighted by atomic mass is 9.75. The summed E-state index contributed by atoms with van der Waals surface area (Å²) >= 11 is 0. The Morgan fingerprint density at radius 1 is 0.962 bits per heavy atom. The SMILES string of the molecule is COC(=O)CCCCCC[C@@H]1[C@@H](C(=O)[C@H]2[C@@H]3CC[C@@H](C3)[C@H]2O)CC[C@@H]1O. The van der Waals surface area contributed by atoms with Crippen LogP contribution < -0.4 is 0 Å². The molecule has 0 aromatic carbocycles. The molecule has 0 amide bonds.